The minimum atomic E-state index is -0.496. The predicted molar refractivity (Wildman–Crippen MR) is 196 cm³/mol. The first-order chi connectivity index (χ1) is 24.4. The summed E-state index contributed by atoms with van der Waals surface area (Å²) in [6.45, 7) is 6.80. The fourth-order valence-corrected chi connectivity index (χ4v) is 6.23. The first kappa shape index (κ1) is 39.1. The maximum absolute atomic E-state index is 13.6. The van der Waals surface area contributed by atoms with Crippen LogP contribution >= 0.6 is 11.6 Å². The van der Waals surface area contributed by atoms with E-state index in [0.717, 1.165) is 38.9 Å². The van der Waals surface area contributed by atoms with Crippen LogP contribution in [0.4, 0.5) is 15.9 Å². The summed E-state index contributed by atoms with van der Waals surface area (Å²) in [5, 5.41) is 3.91. The number of methoxy groups -OCH3 is 1. The molecule has 1 aliphatic rings. The van der Waals surface area contributed by atoms with Crippen LogP contribution in [-0.4, -0.2) is 84.7 Å². The molecule has 1 aromatic heterocycles. The number of carbonyl (C=O) groups is 2. The Balaban J connectivity index is 1.10. The molecule has 1 saturated heterocycles. The van der Waals surface area contributed by atoms with E-state index in [9.17, 15) is 14.0 Å². The topological polar surface area (TPSA) is 106 Å². The molecule has 0 aliphatic carbocycles. The number of halogens is 2. The van der Waals surface area contributed by atoms with E-state index < -0.39 is 5.82 Å². The highest BCUT2D eigenvalue weighted by Crippen LogP contribution is 2.35. The number of carbonyl (C=O) groups excluding carboxylic acids is 2. The van der Waals surface area contributed by atoms with Crippen molar-refractivity contribution in [2.24, 2.45) is 0 Å². The number of amides is 1. The molecular formula is C38H53ClFN5O5. The molecule has 0 bridgehead atoms. The standard InChI is InChI=1S/C38H53ClFN5O5/c1-3-4-5-6-7-8-9-10-11-12-23-50-37(47)17-16-36(46)45-21-19-44(20-22-45)18-13-24-49-35-26-30-33(27-34(35)48-2)41-28-42-38(30)43-29-14-15-32(40)31(39)25-29/h14-15,25-28H,3-13,16-24H2,1-2H3,(H,41,42,43). The van der Waals surface area contributed by atoms with E-state index in [1.165, 1.54) is 69.8 Å². The predicted octanol–water partition coefficient (Wildman–Crippen LogP) is 8.33. The Kier molecular flexibility index (Phi) is 16.8. The summed E-state index contributed by atoms with van der Waals surface area (Å²) in [4.78, 5) is 37.8. The van der Waals surface area contributed by atoms with Crippen molar-refractivity contribution in [3.63, 3.8) is 0 Å². The molecule has 12 heteroatoms. The average Bonchev–Trinajstić information content (AvgIpc) is 3.13. The second kappa shape index (κ2) is 21.5. The highest BCUT2D eigenvalue weighted by Gasteiger charge is 2.22. The number of fused-ring (bicyclic) bond motifs is 1. The number of hydrogen-bond acceptors (Lipinski definition) is 9. The number of ether oxygens (including phenoxy) is 3. The first-order valence-electron chi connectivity index (χ1n) is 18.2. The largest absolute Gasteiger partial charge is 0.493 e. The van der Waals surface area contributed by atoms with E-state index in [1.54, 1.807) is 19.2 Å². The molecule has 1 aliphatic heterocycles. The normalized spacial score (nSPS) is 13.4. The fraction of sp³-hybridized carbons (Fsp3) is 0.579. The second-order valence-electron chi connectivity index (χ2n) is 12.8. The molecule has 10 nitrogen and oxygen atoms in total. The zero-order valence-electron chi connectivity index (χ0n) is 29.7. The van der Waals surface area contributed by atoms with Gasteiger partial charge in [-0.1, -0.05) is 76.3 Å². The Morgan fingerprint density at radius 2 is 1.58 bits per heavy atom. The Morgan fingerprint density at radius 1 is 0.860 bits per heavy atom. The number of hydrogen-bond donors (Lipinski definition) is 1. The van der Waals surface area contributed by atoms with Crippen LogP contribution in [0, 0.1) is 5.82 Å². The zero-order chi connectivity index (χ0) is 35.6. The molecular weight excluding hydrogens is 661 g/mol. The third-order valence-electron chi connectivity index (χ3n) is 9.01. The average molecular weight is 714 g/mol. The molecule has 0 atom stereocenters. The van der Waals surface area contributed by atoms with E-state index in [4.69, 9.17) is 25.8 Å². The van der Waals surface area contributed by atoms with Gasteiger partial charge in [0.05, 0.1) is 37.3 Å². The minimum Gasteiger partial charge on any atom is -0.493 e. The summed E-state index contributed by atoms with van der Waals surface area (Å²) in [5.74, 6) is 0.874. The van der Waals surface area contributed by atoms with Crippen LogP contribution < -0.4 is 14.8 Å². The number of esters is 1. The van der Waals surface area contributed by atoms with Crippen molar-refractivity contribution in [1.29, 1.82) is 0 Å². The summed E-state index contributed by atoms with van der Waals surface area (Å²) in [5.41, 5.74) is 1.25. The zero-order valence-corrected chi connectivity index (χ0v) is 30.4. The van der Waals surface area contributed by atoms with Gasteiger partial charge in [-0.05, 0) is 37.1 Å². The van der Waals surface area contributed by atoms with Gasteiger partial charge < -0.3 is 24.4 Å². The van der Waals surface area contributed by atoms with E-state index in [-0.39, 0.29) is 29.7 Å². The van der Waals surface area contributed by atoms with Gasteiger partial charge in [-0.15, -0.1) is 0 Å². The third kappa shape index (κ3) is 12.9. The van der Waals surface area contributed by atoms with Crippen LogP contribution in [0.1, 0.15) is 90.4 Å². The fourth-order valence-electron chi connectivity index (χ4n) is 6.05. The monoisotopic (exact) mass is 713 g/mol. The molecule has 0 unspecified atom stereocenters. The number of nitrogens with one attached hydrogen (secondary N) is 1. The highest BCUT2D eigenvalue weighted by atomic mass is 35.5. The van der Waals surface area contributed by atoms with Gasteiger partial charge in [0.15, 0.2) is 11.5 Å². The number of nitrogens with zero attached hydrogens (tertiary/aromatic N) is 4. The minimum absolute atomic E-state index is 0.00707. The Bertz CT molecular complexity index is 1500. The molecule has 2 heterocycles. The van der Waals surface area contributed by atoms with E-state index >= 15 is 0 Å². The van der Waals surface area contributed by atoms with E-state index in [1.807, 2.05) is 11.0 Å². The van der Waals surface area contributed by atoms with Gasteiger partial charge in [-0.3, -0.25) is 14.5 Å². The summed E-state index contributed by atoms with van der Waals surface area (Å²) < 4.78 is 30.7. The number of anilines is 2. The molecule has 2 aromatic carbocycles. The van der Waals surface area contributed by atoms with Gasteiger partial charge in [-0.25, -0.2) is 14.4 Å². The Morgan fingerprint density at radius 3 is 2.28 bits per heavy atom. The van der Waals surface area contributed by atoms with Gasteiger partial charge in [0.2, 0.25) is 5.91 Å². The lowest BCUT2D eigenvalue weighted by Gasteiger charge is -2.34. The van der Waals surface area contributed by atoms with Gasteiger partial charge in [0.1, 0.15) is 18.0 Å². The van der Waals surface area contributed by atoms with Crippen LogP contribution in [0.2, 0.25) is 5.02 Å². The number of benzene rings is 2. The molecule has 0 radical (unpaired) electrons. The molecule has 0 saturated carbocycles. The van der Waals surface area contributed by atoms with Crippen LogP contribution in [0.25, 0.3) is 10.9 Å². The summed E-state index contributed by atoms with van der Waals surface area (Å²) in [7, 11) is 1.58. The maximum atomic E-state index is 13.6. The van der Waals surface area contributed by atoms with Gasteiger partial charge in [0.25, 0.3) is 0 Å². The Hall–Kier alpha value is -3.70. The molecule has 3 aromatic rings. The summed E-state index contributed by atoms with van der Waals surface area (Å²) in [6, 6.07) is 8.01. The number of unbranched alkanes of at least 4 members (excludes halogenated alkanes) is 9. The molecule has 4 rings (SSSR count). The van der Waals surface area contributed by atoms with Crippen LogP contribution in [0.15, 0.2) is 36.7 Å². The van der Waals surface area contributed by atoms with Crippen molar-refractivity contribution in [2.75, 3.05) is 58.4 Å². The quantitative estimate of drug-likeness (QED) is 0.0813. The van der Waals surface area contributed by atoms with Gasteiger partial charge >= 0.3 is 5.97 Å². The molecule has 50 heavy (non-hydrogen) atoms. The summed E-state index contributed by atoms with van der Waals surface area (Å²) in [6.07, 6.45) is 14.9. The van der Waals surface area contributed by atoms with E-state index in [2.05, 4.69) is 27.1 Å². The number of piperazine rings is 1. The smallest absolute Gasteiger partial charge is 0.306 e. The lowest BCUT2D eigenvalue weighted by molar-refractivity contribution is -0.146. The van der Waals surface area contributed by atoms with Crippen LogP contribution in [-0.2, 0) is 14.3 Å². The SMILES string of the molecule is CCCCCCCCCCCCOC(=O)CCC(=O)N1CCN(CCCOc2cc3c(Nc4ccc(F)c(Cl)c4)ncnc3cc2OC)CC1. The van der Waals surface area contributed by atoms with Gasteiger partial charge in [-0.2, -0.15) is 0 Å². The second-order valence-corrected chi connectivity index (χ2v) is 13.2. The van der Waals surface area contributed by atoms with Crippen LogP contribution in [0.5, 0.6) is 11.5 Å². The molecule has 1 amide bonds. The van der Waals surface area contributed by atoms with Gasteiger partial charge in [0, 0.05) is 56.3 Å². The van der Waals surface area contributed by atoms with Crippen molar-refractivity contribution >= 4 is 45.9 Å². The molecule has 0 spiro atoms. The first-order valence-corrected chi connectivity index (χ1v) is 18.6. The van der Waals surface area contributed by atoms with Crippen LogP contribution in [0.3, 0.4) is 0 Å². The number of rotatable bonds is 22. The molecule has 1 fully saturated rings. The van der Waals surface area contributed by atoms with Crippen molar-refractivity contribution in [2.45, 2.75) is 90.4 Å². The summed E-state index contributed by atoms with van der Waals surface area (Å²) >= 11 is 5.95. The third-order valence-corrected chi connectivity index (χ3v) is 9.30. The van der Waals surface area contributed by atoms with Crippen molar-refractivity contribution in [1.82, 2.24) is 19.8 Å². The molecule has 274 valence electrons. The van der Waals surface area contributed by atoms with Crippen molar-refractivity contribution < 1.29 is 28.2 Å². The van der Waals surface area contributed by atoms with Crippen molar-refractivity contribution in [3.8, 4) is 11.5 Å². The lowest BCUT2D eigenvalue weighted by atomic mass is 10.1. The maximum Gasteiger partial charge on any atom is 0.306 e. The molecule has 1 N–H and O–H groups in total. The Labute approximate surface area is 301 Å². The lowest BCUT2D eigenvalue weighted by Crippen LogP contribution is -2.49. The number of aromatic nitrogens is 2. The van der Waals surface area contributed by atoms with Crippen molar-refractivity contribution in [3.05, 3.63) is 47.5 Å². The van der Waals surface area contributed by atoms with E-state index in [0.29, 0.717) is 60.2 Å². The highest BCUT2D eigenvalue weighted by molar-refractivity contribution is 6.31.